The summed E-state index contributed by atoms with van der Waals surface area (Å²) in [7, 11) is 1.67. The minimum atomic E-state index is -0.187. The minimum Gasteiger partial charge on any atom is -0.491 e. The van der Waals surface area contributed by atoms with Crippen LogP contribution >= 0.6 is 0 Å². The summed E-state index contributed by atoms with van der Waals surface area (Å²) < 4.78 is 12.6. The number of hydrazine groups is 1. The first-order valence-electron chi connectivity index (χ1n) is 10.9. The van der Waals surface area contributed by atoms with Crippen molar-refractivity contribution in [1.82, 2.24) is 30.4 Å². The van der Waals surface area contributed by atoms with Crippen molar-refractivity contribution in [3.63, 3.8) is 0 Å². The SMILES string of the molecule is COCCOc1ccc(N2CCN(CCn3ncc4c3=NCN3C(=O)NNC=43)CC2)cc1. The van der Waals surface area contributed by atoms with Gasteiger partial charge in [-0.2, -0.15) is 5.10 Å². The molecule has 2 saturated heterocycles. The maximum absolute atomic E-state index is 11.8. The molecule has 170 valence electrons. The van der Waals surface area contributed by atoms with Crippen molar-refractivity contribution < 1.29 is 14.3 Å². The summed E-state index contributed by atoms with van der Waals surface area (Å²) in [5.41, 5.74) is 7.57. The molecule has 5 rings (SSSR count). The molecule has 11 nitrogen and oxygen atoms in total. The lowest BCUT2D eigenvalue weighted by Crippen LogP contribution is -2.48. The summed E-state index contributed by atoms with van der Waals surface area (Å²) >= 11 is 0. The number of nitrogens with one attached hydrogen (secondary N) is 2. The molecule has 0 bridgehead atoms. The number of benzene rings is 1. The Hall–Kier alpha value is -3.31. The van der Waals surface area contributed by atoms with E-state index in [1.54, 1.807) is 18.2 Å². The highest BCUT2D eigenvalue weighted by molar-refractivity contribution is 5.85. The number of anilines is 1. The second kappa shape index (κ2) is 9.05. The van der Waals surface area contributed by atoms with E-state index >= 15 is 0 Å². The highest BCUT2D eigenvalue weighted by atomic mass is 16.5. The molecule has 0 aliphatic carbocycles. The maximum Gasteiger partial charge on any atom is 0.343 e. The molecule has 0 saturated carbocycles. The number of methoxy groups -OCH3 is 1. The second-order valence-electron chi connectivity index (χ2n) is 7.90. The number of amides is 2. The van der Waals surface area contributed by atoms with Gasteiger partial charge in [0.15, 0.2) is 5.49 Å². The van der Waals surface area contributed by atoms with Gasteiger partial charge in [0, 0.05) is 45.5 Å². The van der Waals surface area contributed by atoms with Crippen molar-refractivity contribution in [3.05, 3.63) is 41.2 Å². The maximum atomic E-state index is 11.8. The van der Waals surface area contributed by atoms with Crippen LogP contribution in [0.2, 0.25) is 0 Å². The molecule has 0 spiro atoms. The lowest BCUT2D eigenvalue weighted by molar-refractivity contribution is 0.146. The Labute approximate surface area is 185 Å². The summed E-state index contributed by atoms with van der Waals surface area (Å²) in [5.74, 6) is 1.60. The normalized spacial score (nSPS) is 18.0. The number of aromatic nitrogens is 2. The number of ether oxygens (including phenoxy) is 2. The summed E-state index contributed by atoms with van der Waals surface area (Å²) in [5, 5.41) is 5.36. The van der Waals surface area contributed by atoms with Crippen LogP contribution in [0.1, 0.15) is 0 Å². The number of rotatable bonds is 8. The largest absolute Gasteiger partial charge is 0.491 e. The standard InChI is InChI=1S/C21H28N8O3/c1-31-12-13-32-17-4-2-16(3-5-17)27-9-6-26(7-10-27)8-11-29-19-18(14-23-29)20-24-25-21(30)28(20)15-22-19/h2-5,14,24H,6-13,15H2,1H3,(H,25,30). The third kappa shape index (κ3) is 4.08. The van der Waals surface area contributed by atoms with Gasteiger partial charge in [0.1, 0.15) is 24.8 Å². The highest BCUT2D eigenvalue weighted by Gasteiger charge is 2.28. The summed E-state index contributed by atoms with van der Waals surface area (Å²) in [6.07, 6.45) is 1.77. The van der Waals surface area contributed by atoms with Crippen LogP contribution in [0.3, 0.4) is 0 Å². The molecule has 32 heavy (non-hydrogen) atoms. The van der Waals surface area contributed by atoms with Gasteiger partial charge in [-0.1, -0.05) is 0 Å². The van der Waals surface area contributed by atoms with Crippen molar-refractivity contribution in [2.45, 2.75) is 6.54 Å². The first-order chi connectivity index (χ1) is 15.7. The molecule has 2 amide bonds. The molecule has 1 aromatic carbocycles. The van der Waals surface area contributed by atoms with Crippen molar-refractivity contribution in [1.29, 1.82) is 0 Å². The van der Waals surface area contributed by atoms with Crippen LogP contribution in [0.15, 0.2) is 35.5 Å². The number of hydrogen-bond donors (Lipinski definition) is 2. The van der Waals surface area contributed by atoms with E-state index in [2.05, 4.69) is 42.9 Å². The zero-order chi connectivity index (χ0) is 21.9. The fraction of sp³-hybridized carbons (Fsp3) is 0.476. The van der Waals surface area contributed by atoms with E-state index in [1.165, 1.54) is 5.69 Å². The predicted octanol–water partition coefficient (Wildman–Crippen LogP) is -1.08. The van der Waals surface area contributed by atoms with Crippen molar-refractivity contribution >= 4 is 17.5 Å². The fourth-order valence-electron chi connectivity index (χ4n) is 4.17. The average Bonchev–Trinajstić information content (AvgIpc) is 3.42. The number of fused-ring (bicyclic) bond motifs is 2. The van der Waals surface area contributed by atoms with Gasteiger partial charge in [0.05, 0.1) is 24.6 Å². The molecule has 2 N–H and O–H groups in total. The smallest absolute Gasteiger partial charge is 0.343 e. The van der Waals surface area contributed by atoms with Crippen molar-refractivity contribution in [2.75, 3.05) is 64.6 Å². The van der Waals surface area contributed by atoms with Gasteiger partial charge in [-0.25, -0.2) is 19.9 Å². The fourth-order valence-corrected chi connectivity index (χ4v) is 4.17. The number of urea groups is 1. The van der Waals surface area contributed by atoms with Gasteiger partial charge in [-0.3, -0.25) is 15.2 Å². The van der Waals surface area contributed by atoms with Crippen molar-refractivity contribution in [3.8, 4) is 5.75 Å². The Morgan fingerprint density at radius 2 is 1.84 bits per heavy atom. The molecule has 0 atom stereocenters. The van der Waals surface area contributed by atoms with Gasteiger partial charge in [0.25, 0.3) is 0 Å². The van der Waals surface area contributed by atoms with E-state index in [0.29, 0.717) is 19.9 Å². The molecule has 3 aliphatic rings. The molecule has 1 aromatic heterocycles. The Balaban J connectivity index is 1.14. The molecule has 0 radical (unpaired) electrons. The first kappa shape index (κ1) is 20.6. The van der Waals surface area contributed by atoms with E-state index in [-0.39, 0.29) is 6.03 Å². The Kier molecular flexibility index (Phi) is 5.82. The quantitative estimate of drug-likeness (QED) is 0.504. The topological polar surface area (TPSA) is 99.5 Å². The number of carbonyl (C=O) groups excluding carboxylic acids is 1. The number of hydrogen-bond acceptors (Lipinski definition) is 8. The van der Waals surface area contributed by atoms with E-state index in [4.69, 9.17) is 9.47 Å². The van der Waals surface area contributed by atoms with Crippen LogP contribution in [-0.4, -0.2) is 85.3 Å². The van der Waals surface area contributed by atoms with Crippen LogP contribution in [0.5, 0.6) is 5.75 Å². The van der Waals surface area contributed by atoms with E-state index < -0.39 is 0 Å². The van der Waals surface area contributed by atoms with Crippen LogP contribution in [0.4, 0.5) is 10.5 Å². The van der Waals surface area contributed by atoms with Gasteiger partial charge < -0.3 is 14.4 Å². The summed E-state index contributed by atoms with van der Waals surface area (Å²) in [4.78, 5) is 22.8. The molecule has 2 aromatic rings. The second-order valence-corrected chi connectivity index (χ2v) is 7.90. The summed E-state index contributed by atoms with van der Waals surface area (Å²) in [6.45, 7) is 7.09. The van der Waals surface area contributed by atoms with Crippen LogP contribution in [0, 0.1) is 0 Å². The van der Waals surface area contributed by atoms with E-state index in [9.17, 15) is 4.79 Å². The predicted molar refractivity (Wildman–Crippen MR) is 117 cm³/mol. The Morgan fingerprint density at radius 1 is 1.03 bits per heavy atom. The zero-order valence-electron chi connectivity index (χ0n) is 18.2. The van der Waals surface area contributed by atoms with Gasteiger partial charge in [-0.05, 0) is 24.3 Å². The molecule has 11 heteroatoms. The lowest BCUT2D eigenvalue weighted by atomic mass is 10.2. The Morgan fingerprint density at radius 3 is 2.62 bits per heavy atom. The molecular formula is C21H28N8O3. The number of nitrogens with zero attached hydrogens (tertiary/aromatic N) is 6. The highest BCUT2D eigenvalue weighted by Crippen LogP contribution is 2.20. The van der Waals surface area contributed by atoms with Crippen LogP contribution in [-0.2, 0) is 11.3 Å². The lowest BCUT2D eigenvalue weighted by Gasteiger charge is -2.36. The Bertz CT molecular complexity index is 1080. The molecule has 4 heterocycles. The van der Waals surface area contributed by atoms with Crippen LogP contribution < -0.4 is 31.2 Å². The van der Waals surface area contributed by atoms with Crippen molar-refractivity contribution in [2.24, 2.45) is 4.99 Å². The monoisotopic (exact) mass is 440 g/mol. The molecular weight excluding hydrogens is 412 g/mol. The van der Waals surface area contributed by atoms with Gasteiger partial charge in [0.2, 0.25) is 0 Å². The molecule has 0 unspecified atom stereocenters. The first-order valence-corrected chi connectivity index (χ1v) is 10.9. The number of carbonyl (C=O) groups is 1. The van der Waals surface area contributed by atoms with E-state index in [0.717, 1.165) is 61.5 Å². The zero-order valence-corrected chi connectivity index (χ0v) is 18.2. The number of piperazine rings is 1. The van der Waals surface area contributed by atoms with Gasteiger partial charge >= 0.3 is 6.03 Å². The average molecular weight is 441 g/mol. The van der Waals surface area contributed by atoms with Gasteiger partial charge in [-0.15, -0.1) is 0 Å². The molecule has 3 aliphatic heterocycles. The molecule has 2 fully saturated rings. The van der Waals surface area contributed by atoms with E-state index in [1.807, 2.05) is 16.8 Å². The van der Waals surface area contributed by atoms with Crippen LogP contribution in [0.25, 0.3) is 5.82 Å². The third-order valence-electron chi connectivity index (χ3n) is 5.99. The summed E-state index contributed by atoms with van der Waals surface area (Å²) in [6, 6.07) is 8.08. The minimum absolute atomic E-state index is 0.187. The third-order valence-corrected chi connectivity index (χ3v) is 5.99.